The van der Waals surface area contributed by atoms with Crippen molar-refractivity contribution in [3.63, 3.8) is 0 Å². The van der Waals surface area contributed by atoms with Gasteiger partial charge < -0.3 is 13.9 Å². The molecule has 0 atom stereocenters. The zero-order valence-electron chi connectivity index (χ0n) is 16.7. The third-order valence-electron chi connectivity index (χ3n) is 4.22. The van der Waals surface area contributed by atoms with Gasteiger partial charge in [-0.05, 0) is 43.7 Å². The predicted octanol–water partition coefficient (Wildman–Crippen LogP) is 4.74. The number of ether oxygens (including phenoxy) is 2. The number of rotatable bonds is 10. The second-order valence-electron chi connectivity index (χ2n) is 7.52. The minimum Gasteiger partial charge on any atom is -0.492 e. The van der Waals surface area contributed by atoms with Crippen LogP contribution >= 0.6 is 0 Å². The van der Waals surface area contributed by atoms with Crippen molar-refractivity contribution in [1.82, 2.24) is 0 Å². The van der Waals surface area contributed by atoms with E-state index < -0.39 is 0 Å². The van der Waals surface area contributed by atoms with Crippen molar-refractivity contribution in [2.24, 2.45) is 11.8 Å². The summed E-state index contributed by atoms with van der Waals surface area (Å²) in [6, 6.07) is 7.46. The fraction of sp³-hybridized carbons (Fsp3) is 0.545. The maximum atomic E-state index is 12.4. The first kappa shape index (κ1) is 21.0. The quantitative estimate of drug-likeness (QED) is 0.341. The van der Waals surface area contributed by atoms with Crippen LogP contribution in [0.3, 0.4) is 0 Å². The first-order chi connectivity index (χ1) is 12.9. The maximum absolute atomic E-state index is 12.4. The van der Waals surface area contributed by atoms with Gasteiger partial charge in [-0.1, -0.05) is 39.8 Å². The third-order valence-corrected chi connectivity index (χ3v) is 4.22. The molecule has 5 heteroatoms. The van der Waals surface area contributed by atoms with Crippen molar-refractivity contribution in [3.05, 3.63) is 40.2 Å². The van der Waals surface area contributed by atoms with Crippen molar-refractivity contribution in [2.75, 3.05) is 13.2 Å². The second-order valence-corrected chi connectivity index (χ2v) is 7.52. The molecule has 1 aromatic heterocycles. The minimum absolute atomic E-state index is 0.0919. The smallest absolute Gasteiger partial charge is 0.343 e. The van der Waals surface area contributed by atoms with Crippen molar-refractivity contribution >= 4 is 16.9 Å². The molecule has 27 heavy (non-hydrogen) atoms. The SMILES string of the molecule is CC(C)Cc1c(OCCCCCOC(=O)C(C)C)c2ccccc2oc1=O. The van der Waals surface area contributed by atoms with Crippen molar-refractivity contribution in [2.45, 2.75) is 53.4 Å². The summed E-state index contributed by atoms with van der Waals surface area (Å²) < 4.78 is 16.7. The molecule has 0 amide bonds. The highest BCUT2D eigenvalue weighted by Crippen LogP contribution is 2.29. The first-order valence-electron chi connectivity index (χ1n) is 9.74. The number of carbonyl (C=O) groups is 1. The molecule has 2 rings (SSSR count). The third kappa shape index (κ3) is 6.12. The Morgan fingerprint density at radius 1 is 1.04 bits per heavy atom. The lowest BCUT2D eigenvalue weighted by molar-refractivity contribution is -0.147. The summed E-state index contributed by atoms with van der Waals surface area (Å²) in [7, 11) is 0. The van der Waals surface area contributed by atoms with Gasteiger partial charge in [0.1, 0.15) is 11.3 Å². The molecule has 0 aliphatic rings. The highest BCUT2D eigenvalue weighted by atomic mass is 16.5. The van der Waals surface area contributed by atoms with Crippen LogP contribution in [0.5, 0.6) is 5.75 Å². The van der Waals surface area contributed by atoms with Gasteiger partial charge in [-0.25, -0.2) is 4.79 Å². The predicted molar refractivity (Wildman–Crippen MR) is 106 cm³/mol. The van der Waals surface area contributed by atoms with Gasteiger partial charge in [-0.2, -0.15) is 0 Å². The van der Waals surface area contributed by atoms with E-state index in [0.29, 0.717) is 42.4 Å². The van der Waals surface area contributed by atoms with Crippen LogP contribution in [0.2, 0.25) is 0 Å². The van der Waals surface area contributed by atoms with Crippen LogP contribution in [-0.4, -0.2) is 19.2 Å². The van der Waals surface area contributed by atoms with Crippen LogP contribution in [0, 0.1) is 11.8 Å². The zero-order chi connectivity index (χ0) is 19.8. The number of hydrogen-bond acceptors (Lipinski definition) is 5. The monoisotopic (exact) mass is 374 g/mol. The summed E-state index contributed by atoms with van der Waals surface area (Å²) in [5, 5.41) is 0.832. The number of carbonyl (C=O) groups excluding carboxylic acids is 1. The molecule has 0 saturated carbocycles. The summed E-state index contributed by atoms with van der Waals surface area (Å²) >= 11 is 0. The molecule has 5 nitrogen and oxygen atoms in total. The second kappa shape index (κ2) is 10.1. The summed E-state index contributed by atoms with van der Waals surface area (Å²) in [4.78, 5) is 23.8. The molecule has 0 saturated heterocycles. The molecule has 1 heterocycles. The number of esters is 1. The van der Waals surface area contributed by atoms with Gasteiger partial charge in [0.05, 0.1) is 30.1 Å². The molecule has 2 aromatic rings. The Hall–Kier alpha value is -2.30. The molecule has 0 fully saturated rings. The fourth-order valence-electron chi connectivity index (χ4n) is 2.80. The van der Waals surface area contributed by atoms with E-state index in [1.165, 1.54) is 0 Å². The van der Waals surface area contributed by atoms with E-state index in [0.717, 1.165) is 24.6 Å². The largest absolute Gasteiger partial charge is 0.492 e. The fourth-order valence-corrected chi connectivity index (χ4v) is 2.80. The lowest BCUT2D eigenvalue weighted by Gasteiger charge is -2.14. The van der Waals surface area contributed by atoms with E-state index in [-0.39, 0.29) is 17.5 Å². The Labute approximate surface area is 160 Å². The summed E-state index contributed by atoms with van der Waals surface area (Å²) in [5.41, 5.74) is 0.832. The van der Waals surface area contributed by atoms with Gasteiger partial charge in [-0.3, -0.25) is 4.79 Å². The topological polar surface area (TPSA) is 65.7 Å². The van der Waals surface area contributed by atoms with E-state index in [2.05, 4.69) is 13.8 Å². The van der Waals surface area contributed by atoms with Crippen LogP contribution < -0.4 is 10.4 Å². The summed E-state index contributed by atoms with van der Waals surface area (Å²) in [6.07, 6.45) is 3.14. The molecule has 0 N–H and O–H groups in total. The average molecular weight is 374 g/mol. The minimum atomic E-state index is -0.321. The van der Waals surface area contributed by atoms with E-state index in [4.69, 9.17) is 13.9 Å². The Morgan fingerprint density at radius 2 is 1.74 bits per heavy atom. The number of para-hydroxylation sites is 1. The molecular formula is C22H30O5. The summed E-state index contributed by atoms with van der Waals surface area (Å²) in [6.45, 7) is 8.73. The highest BCUT2D eigenvalue weighted by Gasteiger charge is 2.17. The number of fused-ring (bicyclic) bond motifs is 1. The Balaban J connectivity index is 1.97. The van der Waals surface area contributed by atoms with Crippen molar-refractivity contribution in [1.29, 1.82) is 0 Å². The molecule has 148 valence electrons. The standard InChI is InChI=1S/C22H30O5/c1-15(2)14-18-20(17-10-6-7-11-19(17)27-22(18)24)25-12-8-5-9-13-26-21(23)16(3)4/h6-7,10-11,15-16H,5,8-9,12-14H2,1-4H3. The van der Waals surface area contributed by atoms with Crippen LogP contribution in [0.15, 0.2) is 33.5 Å². The van der Waals surface area contributed by atoms with Crippen molar-refractivity contribution < 1.29 is 18.7 Å². The van der Waals surface area contributed by atoms with Crippen LogP contribution in [-0.2, 0) is 16.0 Å². The molecular weight excluding hydrogens is 344 g/mol. The van der Waals surface area contributed by atoms with E-state index in [1.807, 2.05) is 32.0 Å². The van der Waals surface area contributed by atoms with Crippen LogP contribution in [0.4, 0.5) is 0 Å². The van der Waals surface area contributed by atoms with Crippen LogP contribution in [0.25, 0.3) is 11.0 Å². The van der Waals surface area contributed by atoms with E-state index >= 15 is 0 Å². The van der Waals surface area contributed by atoms with Crippen molar-refractivity contribution in [3.8, 4) is 5.75 Å². The maximum Gasteiger partial charge on any atom is 0.343 e. The molecule has 0 radical (unpaired) electrons. The van der Waals surface area contributed by atoms with E-state index in [9.17, 15) is 9.59 Å². The Bertz CT molecular complexity index is 804. The van der Waals surface area contributed by atoms with Gasteiger partial charge in [0, 0.05) is 0 Å². The van der Waals surface area contributed by atoms with Gasteiger partial charge in [-0.15, -0.1) is 0 Å². The highest BCUT2D eigenvalue weighted by molar-refractivity contribution is 5.84. The normalized spacial score (nSPS) is 11.3. The number of hydrogen-bond donors (Lipinski definition) is 0. The Kier molecular flexibility index (Phi) is 7.89. The first-order valence-corrected chi connectivity index (χ1v) is 9.74. The lowest BCUT2D eigenvalue weighted by atomic mass is 10.0. The molecule has 0 spiro atoms. The zero-order valence-corrected chi connectivity index (χ0v) is 16.7. The average Bonchev–Trinajstić information content (AvgIpc) is 2.62. The van der Waals surface area contributed by atoms with E-state index in [1.54, 1.807) is 6.07 Å². The van der Waals surface area contributed by atoms with Gasteiger partial charge in [0.15, 0.2) is 0 Å². The van der Waals surface area contributed by atoms with Gasteiger partial charge in [0.25, 0.3) is 0 Å². The molecule has 0 aliphatic carbocycles. The van der Waals surface area contributed by atoms with Gasteiger partial charge >= 0.3 is 11.6 Å². The molecule has 0 unspecified atom stereocenters. The number of unbranched alkanes of at least 4 members (excludes halogenated alkanes) is 2. The van der Waals surface area contributed by atoms with Gasteiger partial charge in [0.2, 0.25) is 0 Å². The molecule has 0 aliphatic heterocycles. The molecule has 0 bridgehead atoms. The lowest BCUT2D eigenvalue weighted by Crippen LogP contribution is -2.14. The number of benzene rings is 1. The summed E-state index contributed by atoms with van der Waals surface area (Å²) in [5.74, 6) is 0.715. The molecule has 1 aromatic carbocycles. The Morgan fingerprint density at radius 3 is 2.44 bits per heavy atom. The van der Waals surface area contributed by atoms with Crippen LogP contribution in [0.1, 0.15) is 52.5 Å².